The quantitative estimate of drug-likeness (QED) is 0.247. The van der Waals surface area contributed by atoms with Crippen molar-refractivity contribution in [2.45, 2.75) is 51.6 Å². The zero-order valence-electron chi connectivity index (χ0n) is 15.6. The van der Waals surface area contributed by atoms with E-state index >= 15 is 0 Å². The fraction of sp³-hybridized carbons (Fsp3) is 0.833. The van der Waals surface area contributed by atoms with Crippen molar-refractivity contribution in [3.8, 4) is 0 Å². The van der Waals surface area contributed by atoms with Gasteiger partial charge in [-0.25, -0.2) is 0 Å². The van der Waals surface area contributed by atoms with E-state index in [-0.39, 0.29) is 29.9 Å². The van der Waals surface area contributed by atoms with Crippen molar-refractivity contribution in [3.63, 3.8) is 0 Å². The Morgan fingerprint density at radius 1 is 1.31 bits per heavy atom. The zero-order chi connectivity index (χ0) is 18.1. The van der Waals surface area contributed by atoms with E-state index < -0.39 is 12.7 Å². The first-order chi connectivity index (χ1) is 12.0. The topological polar surface area (TPSA) is 39.7 Å². The van der Waals surface area contributed by atoms with Gasteiger partial charge in [-0.2, -0.15) is 13.2 Å². The Kier molecular flexibility index (Phi) is 10.9. The molecule has 1 atom stereocenters. The van der Waals surface area contributed by atoms with Crippen LogP contribution in [0.1, 0.15) is 45.4 Å². The minimum absolute atomic E-state index is 0. The molecule has 1 unspecified atom stereocenters. The summed E-state index contributed by atoms with van der Waals surface area (Å²) >= 11 is 0. The monoisotopic (exact) mass is 488 g/mol. The Labute approximate surface area is 172 Å². The molecule has 0 radical (unpaired) electrons. The lowest BCUT2D eigenvalue weighted by Gasteiger charge is -2.18. The van der Waals surface area contributed by atoms with Crippen LogP contribution in [0.15, 0.2) is 16.6 Å². The number of nitrogens with one attached hydrogen (secondary N) is 2. The second kappa shape index (κ2) is 12.0. The van der Waals surface area contributed by atoms with Gasteiger partial charge in [0.1, 0.15) is 0 Å². The molecule has 0 aromatic rings. The highest BCUT2D eigenvalue weighted by atomic mass is 127. The number of likely N-dealkylation sites (tertiary alicyclic amines) is 1. The molecule has 1 heterocycles. The molecule has 26 heavy (non-hydrogen) atoms. The Bertz CT molecular complexity index is 466. The first kappa shape index (κ1) is 23.5. The van der Waals surface area contributed by atoms with Gasteiger partial charge in [0.2, 0.25) is 0 Å². The molecule has 1 fully saturated rings. The first-order valence-corrected chi connectivity index (χ1v) is 9.45. The molecule has 0 amide bonds. The number of halogens is 4. The van der Waals surface area contributed by atoms with E-state index in [1.54, 1.807) is 0 Å². The highest BCUT2D eigenvalue weighted by molar-refractivity contribution is 14.0. The van der Waals surface area contributed by atoms with E-state index in [4.69, 9.17) is 0 Å². The van der Waals surface area contributed by atoms with Crippen molar-refractivity contribution in [2.75, 3.05) is 39.3 Å². The highest BCUT2D eigenvalue weighted by Crippen LogP contribution is 2.23. The van der Waals surface area contributed by atoms with Gasteiger partial charge in [0.15, 0.2) is 5.96 Å². The number of rotatable bonds is 7. The van der Waals surface area contributed by atoms with Crippen LogP contribution in [0.3, 0.4) is 0 Å². The molecule has 2 N–H and O–H groups in total. The summed E-state index contributed by atoms with van der Waals surface area (Å²) in [7, 11) is 0. The van der Waals surface area contributed by atoms with Crippen LogP contribution in [0.5, 0.6) is 0 Å². The van der Waals surface area contributed by atoms with Crippen LogP contribution in [0, 0.1) is 5.92 Å². The van der Waals surface area contributed by atoms with Crippen LogP contribution in [0.4, 0.5) is 13.2 Å². The lowest BCUT2D eigenvalue weighted by atomic mass is 9.97. The van der Waals surface area contributed by atoms with Crippen LogP contribution < -0.4 is 10.6 Å². The van der Waals surface area contributed by atoms with E-state index in [0.717, 1.165) is 31.9 Å². The maximum atomic E-state index is 12.4. The van der Waals surface area contributed by atoms with Crippen LogP contribution in [-0.4, -0.2) is 56.3 Å². The zero-order valence-corrected chi connectivity index (χ0v) is 17.9. The molecule has 1 saturated heterocycles. The molecular weight excluding hydrogens is 456 g/mol. The third-order valence-corrected chi connectivity index (χ3v) is 4.75. The Hall–Kier alpha value is -0.510. The smallest absolute Gasteiger partial charge is 0.357 e. The normalized spacial score (nSPS) is 21.9. The summed E-state index contributed by atoms with van der Waals surface area (Å²) in [6, 6.07) is 0. The molecule has 0 aromatic heterocycles. The third-order valence-electron chi connectivity index (χ3n) is 4.75. The molecule has 4 nitrogen and oxygen atoms in total. The third kappa shape index (κ3) is 9.43. The fourth-order valence-corrected chi connectivity index (χ4v) is 3.49. The SMILES string of the molecule is CCNC(=NCC1CCN(CC(F)(F)F)C1)NCCC1=CCCCC1.I. The number of aliphatic imine (C=N–C) groups is 1. The van der Waals surface area contributed by atoms with Gasteiger partial charge in [-0.05, 0) is 57.9 Å². The van der Waals surface area contributed by atoms with Gasteiger partial charge in [-0.15, -0.1) is 24.0 Å². The number of alkyl halides is 3. The number of guanidine groups is 1. The van der Waals surface area contributed by atoms with E-state index in [1.807, 2.05) is 6.92 Å². The first-order valence-electron chi connectivity index (χ1n) is 9.45. The summed E-state index contributed by atoms with van der Waals surface area (Å²) in [4.78, 5) is 6.06. The van der Waals surface area contributed by atoms with Gasteiger partial charge >= 0.3 is 6.18 Å². The standard InChI is InChI=1S/C18H31F3N4.HI/c1-2-22-17(23-10-8-15-6-4-3-5-7-15)24-12-16-9-11-25(13-16)14-18(19,20)21;/h6,16H,2-5,7-14H2,1H3,(H2,22,23,24);1H. The summed E-state index contributed by atoms with van der Waals surface area (Å²) in [5.74, 6) is 0.979. The molecule has 0 aromatic carbocycles. The second-order valence-corrected chi connectivity index (χ2v) is 7.01. The predicted octanol–water partition coefficient (Wildman–Crippen LogP) is 3.93. The maximum Gasteiger partial charge on any atom is 0.401 e. The van der Waals surface area contributed by atoms with Gasteiger partial charge < -0.3 is 10.6 Å². The van der Waals surface area contributed by atoms with Crippen LogP contribution in [-0.2, 0) is 0 Å². The molecule has 1 aliphatic heterocycles. The van der Waals surface area contributed by atoms with E-state index in [0.29, 0.717) is 19.6 Å². The molecule has 1 aliphatic carbocycles. The fourth-order valence-electron chi connectivity index (χ4n) is 3.49. The lowest BCUT2D eigenvalue weighted by Crippen LogP contribution is -2.38. The van der Waals surface area contributed by atoms with Crippen molar-refractivity contribution < 1.29 is 13.2 Å². The number of hydrogen-bond donors (Lipinski definition) is 2. The van der Waals surface area contributed by atoms with Gasteiger partial charge in [-0.3, -0.25) is 9.89 Å². The van der Waals surface area contributed by atoms with Crippen molar-refractivity contribution in [3.05, 3.63) is 11.6 Å². The highest BCUT2D eigenvalue weighted by Gasteiger charge is 2.34. The van der Waals surface area contributed by atoms with E-state index in [2.05, 4.69) is 21.7 Å². The van der Waals surface area contributed by atoms with Gasteiger partial charge in [0.05, 0.1) is 6.54 Å². The van der Waals surface area contributed by atoms with Crippen molar-refractivity contribution in [2.24, 2.45) is 10.9 Å². The molecule has 0 bridgehead atoms. The molecule has 0 saturated carbocycles. The maximum absolute atomic E-state index is 12.4. The Balaban J connectivity index is 0.00000338. The van der Waals surface area contributed by atoms with Gasteiger partial charge in [0, 0.05) is 26.2 Å². The van der Waals surface area contributed by atoms with Crippen molar-refractivity contribution in [1.82, 2.24) is 15.5 Å². The molecule has 2 aliphatic rings. The summed E-state index contributed by atoms with van der Waals surface area (Å²) in [6.07, 6.45) is 5.04. The molecular formula is C18H32F3IN4. The molecule has 152 valence electrons. The molecule has 0 spiro atoms. The minimum atomic E-state index is -4.11. The van der Waals surface area contributed by atoms with Crippen LogP contribution in [0.25, 0.3) is 0 Å². The summed E-state index contributed by atoms with van der Waals surface area (Å²) < 4.78 is 37.3. The average Bonchev–Trinajstić information content (AvgIpc) is 2.99. The van der Waals surface area contributed by atoms with Gasteiger partial charge in [0.25, 0.3) is 0 Å². The number of allylic oxidation sites excluding steroid dienone is 1. The van der Waals surface area contributed by atoms with Crippen LogP contribution >= 0.6 is 24.0 Å². The van der Waals surface area contributed by atoms with Crippen LogP contribution in [0.2, 0.25) is 0 Å². The Morgan fingerprint density at radius 2 is 2.12 bits per heavy atom. The number of nitrogens with zero attached hydrogens (tertiary/aromatic N) is 2. The average molecular weight is 488 g/mol. The summed E-state index contributed by atoms with van der Waals surface area (Å²) in [6.45, 7) is 4.41. The second-order valence-electron chi connectivity index (χ2n) is 7.01. The molecule has 2 rings (SSSR count). The molecule has 8 heteroatoms. The summed E-state index contributed by atoms with van der Waals surface area (Å²) in [5.41, 5.74) is 1.52. The van der Waals surface area contributed by atoms with Crippen molar-refractivity contribution in [1.29, 1.82) is 0 Å². The largest absolute Gasteiger partial charge is 0.401 e. The lowest BCUT2D eigenvalue weighted by molar-refractivity contribution is -0.143. The Morgan fingerprint density at radius 3 is 2.77 bits per heavy atom. The predicted molar refractivity (Wildman–Crippen MR) is 111 cm³/mol. The van der Waals surface area contributed by atoms with Gasteiger partial charge in [-0.1, -0.05) is 11.6 Å². The number of hydrogen-bond acceptors (Lipinski definition) is 2. The van der Waals surface area contributed by atoms with E-state index in [9.17, 15) is 13.2 Å². The van der Waals surface area contributed by atoms with Crippen molar-refractivity contribution >= 4 is 29.9 Å². The summed E-state index contributed by atoms with van der Waals surface area (Å²) in [5, 5.41) is 6.57. The van der Waals surface area contributed by atoms with E-state index in [1.165, 1.54) is 36.2 Å². The minimum Gasteiger partial charge on any atom is -0.357 e.